The third-order valence-electron chi connectivity index (χ3n) is 5.32. The summed E-state index contributed by atoms with van der Waals surface area (Å²) in [5, 5.41) is 4.26. The topological polar surface area (TPSA) is 119 Å². The second kappa shape index (κ2) is 12.8. The molecule has 0 radical (unpaired) electrons. The maximum absolute atomic E-state index is 13.6. The molecule has 1 aromatic carbocycles. The quantitative estimate of drug-likeness (QED) is 0.238. The average Bonchev–Trinajstić information content (AvgIpc) is 3.40. The number of rotatable bonds is 10. The fourth-order valence-corrected chi connectivity index (χ4v) is 5.72. The van der Waals surface area contributed by atoms with E-state index in [1.165, 1.54) is 22.3 Å². The van der Waals surface area contributed by atoms with Gasteiger partial charge in [0, 0.05) is 24.3 Å². The third kappa shape index (κ3) is 8.67. The number of esters is 1. The molecule has 3 N–H and O–H groups in total. The Hall–Kier alpha value is -3.16. The van der Waals surface area contributed by atoms with Crippen LogP contribution in [0.2, 0.25) is 0 Å². The van der Waals surface area contributed by atoms with Crippen LogP contribution in [0.4, 0.5) is 8.78 Å². The van der Waals surface area contributed by atoms with Gasteiger partial charge in [0.1, 0.15) is 16.0 Å². The number of nitrogens with two attached hydrogens (primary N) is 1. The largest absolute Gasteiger partial charge is 0.460 e. The van der Waals surface area contributed by atoms with Gasteiger partial charge < -0.3 is 15.8 Å². The molecule has 208 valence electrons. The Morgan fingerprint density at radius 2 is 1.87 bits per heavy atom. The monoisotopic (exact) mass is 595 g/mol. The first kappa shape index (κ1) is 30.4. The summed E-state index contributed by atoms with van der Waals surface area (Å²) in [6.07, 6.45) is 1.38. The number of hydrogen-bond acceptors (Lipinski definition) is 8. The van der Waals surface area contributed by atoms with Gasteiger partial charge in [0.15, 0.2) is 11.6 Å². The van der Waals surface area contributed by atoms with Crippen LogP contribution in [0.25, 0.3) is 17.2 Å². The Labute approximate surface area is 237 Å². The number of benzene rings is 1. The average molecular weight is 596 g/mol. The SMILES string of the molecule is CC(C)(C)OC(=O)CC[C@H](NC(=O)CCN1C(=O)/C(=C/c2cc(-c3ccc(F)c(F)c3)cs2)SC1=S)C(N)=O. The van der Waals surface area contributed by atoms with Crippen LogP contribution in [0, 0.1) is 11.6 Å². The van der Waals surface area contributed by atoms with Crippen LogP contribution < -0.4 is 11.1 Å². The first-order valence-electron chi connectivity index (χ1n) is 11.8. The molecule has 1 aromatic heterocycles. The molecule has 1 aliphatic heterocycles. The van der Waals surface area contributed by atoms with Gasteiger partial charge in [0.25, 0.3) is 5.91 Å². The molecule has 0 aliphatic carbocycles. The zero-order valence-electron chi connectivity index (χ0n) is 21.4. The lowest BCUT2D eigenvalue weighted by Gasteiger charge is -2.21. The van der Waals surface area contributed by atoms with Crippen molar-refractivity contribution in [2.75, 3.05) is 6.54 Å². The van der Waals surface area contributed by atoms with Gasteiger partial charge in [-0.3, -0.25) is 24.1 Å². The van der Waals surface area contributed by atoms with E-state index in [1.54, 1.807) is 38.3 Å². The summed E-state index contributed by atoms with van der Waals surface area (Å²) in [5.74, 6) is -4.10. The number of thiocarbonyl (C=S) groups is 1. The van der Waals surface area contributed by atoms with Crippen LogP contribution >= 0.6 is 35.3 Å². The number of ether oxygens (including phenoxy) is 1. The molecular weight excluding hydrogens is 568 g/mol. The Morgan fingerprint density at radius 3 is 2.51 bits per heavy atom. The summed E-state index contributed by atoms with van der Waals surface area (Å²) < 4.78 is 32.3. The molecule has 0 unspecified atom stereocenters. The minimum absolute atomic E-state index is 0.0179. The molecule has 8 nitrogen and oxygen atoms in total. The number of nitrogens with one attached hydrogen (secondary N) is 1. The third-order valence-corrected chi connectivity index (χ3v) is 7.58. The maximum atomic E-state index is 13.6. The number of primary amides is 1. The lowest BCUT2D eigenvalue weighted by Crippen LogP contribution is -2.45. The number of halogens is 2. The van der Waals surface area contributed by atoms with Crippen molar-refractivity contribution in [2.45, 2.75) is 51.7 Å². The second-order valence-corrected chi connectivity index (χ2v) is 12.2. The van der Waals surface area contributed by atoms with E-state index in [9.17, 15) is 28.0 Å². The van der Waals surface area contributed by atoms with Crippen LogP contribution in [0.1, 0.15) is 44.9 Å². The van der Waals surface area contributed by atoms with E-state index in [4.69, 9.17) is 22.7 Å². The summed E-state index contributed by atoms with van der Waals surface area (Å²) in [6.45, 7) is 5.13. The number of nitrogens with zero attached hydrogens (tertiary/aromatic N) is 1. The second-order valence-electron chi connectivity index (χ2n) is 9.60. The molecule has 0 spiro atoms. The lowest BCUT2D eigenvalue weighted by molar-refractivity contribution is -0.155. The van der Waals surface area contributed by atoms with E-state index in [2.05, 4.69) is 5.32 Å². The fraction of sp³-hybridized carbons (Fsp3) is 0.346. The molecule has 0 saturated carbocycles. The van der Waals surface area contributed by atoms with Gasteiger partial charge in [0.2, 0.25) is 11.8 Å². The minimum atomic E-state index is -1.07. The van der Waals surface area contributed by atoms with E-state index < -0.39 is 41.1 Å². The molecule has 1 atom stereocenters. The van der Waals surface area contributed by atoms with Crippen LogP contribution in [0.5, 0.6) is 0 Å². The van der Waals surface area contributed by atoms with Crippen molar-refractivity contribution in [1.29, 1.82) is 0 Å². The Balaban J connectivity index is 1.56. The number of hydrogen-bond donors (Lipinski definition) is 2. The number of thiophene rings is 1. The molecule has 1 aliphatic rings. The summed E-state index contributed by atoms with van der Waals surface area (Å²) in [7, 11) is 0. The van der Waals surface area contributed by atoms with E-state index in [0.29, 0.717) is 20.9 Å². The summed E-state index contributed by atoms with van der Waals surface area (Å²) >= 11 is 7.71. The first-order valence-corrected chi connectivity index (χ1v) is 13.9. The molecule has 2 aromatic rings. The maximum Gasteiger partial charge on any atom is 0.306 e. The standard InChI is InChI=1S/C26H27F2N3O5S3/c1-26(2,3)36-22(33)7-6-19(23(29)34)30-21(32)8-9-31-24(35)20(39-25(31)37)12-16-10-15(13-38-16)14-4-5-17(27)18(28)11-14/h4-5,10-13,19H,6-9H2,1-3H3,(H2,29,34)(H,30,32)/b20-12-/t19-/m0/s1. The Morgan fingerprint density at radius 1 is 1.15 bits per heavy atom. The Bertz CT molecular complexity index is 1340. The highest BCUT2D eigenvalue weighted by molar-refractivity contribution is 8.26. The molecule has 39 heavy (non-hydrogen) atoms. The van der Waals surface area contributed by atoms with Crippen molar-refractivity contribution in [3.8, 4) is 11.1 Å². The smallest absolute Gasteiger partial charge is 0.306 e. The van der Waals surface area contributed by atoms with E-state index in [-0.39, 0.29) is 36.0 Å². The molecule has 1 fully saturated rings. The molecule has 0 bridgehead atoms. The van der Waals surface area contributed by atoms with Gasteiger partial charge in [-0.2, -0.15) is 0 Å². The highest BCUT2D eigenvalue weighted by atomic mass is 32.2. The van der Waals surface area contributed by atoms with E-state index in [0.717, 1.165) is 23.9 Å². The highest BCUT2D eigenvalue weighted by Crippen LogP contribution is 2.35. The highest BCUT2D eigenvalue weighted by Gasteiger charge is 2.32. The summed E-state index contributed by atoms with van der Waals surface area (Å²) in [4.78, 5) is 51.4. The van der Waals surface area contributed by atoms with Gasteiger partial charge in [-0.15, -0.1) is 11.3 Å². The van der Waals surface area contributed by atoms with E-state index in [1.807, 2.05) is 0 Å². The lowest BCUT2D eigenvalue weighted by atomic mass is 10.1. The van der Waals surface area contributed by atoms with Crippen LogP contribution in [-0.2, 0) is 23.9 Å². The van der Waals surface area contributed by atoms with Crippen molar-refractivity contribution in [3.05, 3.63) is 51.1 Å². The Kier molecular flexibility index (Phi) is 9.97. The number of thioether (sulfide) groups is 1. The number of carbonyl (C=O) groups is 4. The van der Waals surface area contributed by atoms with Gasteiger partial charge in [0.05, 0.1) is 4.91 Å². The minimum Gasteiger partial charge on any atom is -0.460 e. The van der Waals surface area contributed by atoms with Crippen molar-refractivity contribution >= 4 is 69.4 Å². The summed E-state index contributed by atoms with van der Waals surface area (Å²) in [6, 6.07) is 4.30. The van der Waals surface area contributed by atoms with Crippen molar-refractivity contribution in [1.82, 2.24) is 10.2 Å². The van der Waals surface area contributed by atoms with Gasteiger partial charge in [-0.25, -0.2) is 8.78 Å². The number of amides is 3. The van der Waals surface area contributed by atoms with Crippen molar-refractivity contribution in [3.63, 3.8) is 0 Å². The zero-order valence-corrected chi connectivity index (χ0v) is 23.9. The van der Waals surface area contributed by atoms with Crippen molar-refractivity contribution in [2.24, 2.45) is 5.73 Å². The molecule has 2 heterocycles. The normalized spacial score (nSPS) is 15.5. The van der Waals surface area contributed by atoms with Gasteiger partial charge in [-0.1, -0.05) is 30.0 Å². The predicted octanol–water partition coefficient (Wildman–Crippen LogP) is 4.38. The van der Waals surface area contributed by atoms with Crippen LogP contribution in [0.15, 0.2) is 34.6 Å². The van der Waals surface area contributed by atoms with Crippen LogP contribution in [0.3, 0.4) is 0 Å². The number of carbonyl (C=O) groups excluding carboxylic acids is 4. The van der Waals surface area contributed by atoms with Gasteiger partial charge in [-0.05, 0) is 68.0 Å². The van der Waals surface area contributed by atoms with Gasteiger partial charge >= 0.3 is 5.97 Å². The molecule has 1 saturated heterocycles. The molecule has 13 heteroatoms. The molecule has 3 rings (SSSR count). The molecule has 3 amide bonds. The fourth-order valence-electron chi connectivity index (χ4n) is 3.50. The summed E-state index contributed by atoms with van der Waals surface area (Å²) in [5.41, 5.74) is 5.87. The van der Waals surface area contributed by atoms with Crippen molar-refractivity contribution < 1.29 is 32.7 Å². The zero-order chi connectivity index (χ0) is 28.9. The predicted molar refractivity (Wildman–Crippen MR) is 150 cm³/mol. The molecular formula is C26H27F2N3O5S3. The van der Waals surface area contributed by atoms with E-state index >= 15 is 0 Å². The first-order chi connectivity index (χ1) is 18.2. The van der Waals surface area contributed by atoms with Crippen LogP contribution in [-0.4, -0.2) is 51.1 Å².